The van der Waals surface area contributed by atoms with Gasteiger partial charge in [0.25, 0.3) is 5.91 Å². The Labute approximate surface area is 190 Å². The molecule has 164 valence electrons. The van der Waals surface area contributed by atoms with Gasteiger partial charge in [-0.1, -0.05) is 23.5 Å². The Hall–Kier alpha value is -3.65. The Morgan fingerprint density at radius 2 is 1.84 bits per heavy atom. The van der Waals surface area contributed by atoms with Crippen molar-refractivity contribution in [1.29, 1.82) is 0 Å². The number of aromatic nitrogens is 2. The summed E-state index contributed by atoms with van der Waals surface area (Å²) in [6, 6.07) is 12.8. The van der Waals surface area contributed by atoms with Crippen molar-refractivity contribution in [2.75, 3.05) is 26.2 Å². The topological polar surface area (TPSA) is 73.8 Å². The highest BCUT2D eigenvalue weighted by atomic mass is 32.1. The molecule has 0 fully saturated rings. The van der Waals surface area contributed by atoms with E-state index in [9.17, 15) is 4.79 Å². The number of anilines is 1. The maximum absolute atomic E-state index is 13.8. The fraction of sp³-hybridized carbons (Fsp3) is 0.208. The average molecular weight is 450 g/mol. The van der Waals surface area contributed by atoms with Gasteiger partial charge in [-0.2, -0.15) is 0 Å². The highest BCUT2D eigenvalue weighted by Crippen LogP contribution is 2.38. The van der Waals surface area contributed by atoms with Crippen molar-refractivity contribution in [2.24, 2.45) is 0 Å². The molecule has 0 bridgehead atoms. The Morgan fingerprint density at radius 3 is 2.53 bits per heavy atom. The zero-order valence-electron chi connectivity index (χ0n) is 18.3. The predicted octanol–water partition coefficient (Wildman–Crippen LogP) is 4.87. The van der Waals surface area contributed by atoms with Gasteiger partial charge in [0.2, 0.25) is 0 Å². The molecule has 0 radical (unpaired) electrons. The minimum absolute atomic E-state index is 0.232. The van der Waals surface area contributed by atoms with E-state index in [0.717, 1.165) is 21.3 Å². The zero-order chi connectivity index (χ0) is 22.7. The molecule has 7 nitrogen and oxygen atoms in total. The van der Waals surface area contributed by atoms with Gasteiger partial charge in [-0.15, -0.1) is 0 Å². The summed E-state index contributed by atoms with van der Waals surface area (Å²) < 4.78 is 17.2. The molecule has 0 aliphatic rings. The minimum atomic E-state index is -0.232. The van der Waals surface area contributed by atoms with Crippen molar-refractivity contribution in [3.63, 3.8) is 0 Å². The Morgan fingerprint density at radius 1 is 1.03 bits per heavy atom. The highest BCUT2D eigenvalue weighted by Gasteiger charge is 2.26. The van der Waals surface area contributed by atoms with Crippen molar-refractivity contribution in [3.8, 4) is 17.2 Å². The van der Waals surface area contributed by atoms with Crippen LogP contribution in [-0.2, 0) is 6.54 Å². The van der Waals surface area contributed by atoms with Gasteiger partial charge in [0.1, 0.15) is 22.8 Å². The quantitative estimate of drug-likeness (QED) is 0.401. The number of rotatable bonds is 7. The number of ether oxygens (including phenoxy) is 3. The number of hydrogen-bond acceptors (Lipinski definition) is 7. The van der Waals surface area contributed by atoms with Crippen LogP contribution in [0.3, 0.4) is 0 Å². The van der Waals surface area contributed by atoms with Crippen LogP contribution >= 0.6 is 11.3 Å². The number of amides is 1. The maximum atomic E-state index is 13.8. The number of hydrogen-bond donors (Lipinski definition) is 0. The molecule has 0 saturated carbocycles. The van der Waals surface area contributed by atoms with E-state index in [0.29, 0.717) is 34.5 Å². The first kappa shape index (κ1) is 21.6. The summed E-state index contributed by atoms with van der Waals surface area (Å²) in [6.07, 6.45) is 3.44. The molecule has 1 amide bonds. The Kier molecular flexibility index (Phi) is 6.23. The first-order valence-corrected chi connectivity index (χ1v) is 10.7. The van der Waals surface area contributed by atoms with E-state index in [4.69, 9.17) is 19.2 Å². The van der Waals surface area contributed by atoms with Crippen LogP contribution in [0.15, 0.2) is 54.9 Å². The van der Waals surface area contributed by atoms with Crippen molar-refractivity contribution >= 4 is 32.6 Å². The van der Waals surface area contributed by atoms with Gasteiger partial charge in [0, 0.05) is 18.5 Å². The largest absolute Gasteiger partial charge is 0.497 e. The number of methoxy groups -OCH3 is 3. The number of carbonyl (C=O) groups excluding carboxylic acids is 1. The lowest BCUT2D eigenvalue weighted by molar-refractivity contribution is 0.0982. The Bertz CT molecular complexity index is 1260. The van der Waals surface area contributed by atoms with E-state index in [1.54, 1.807) is 49.7 Å². The molecule has 0 spiro atoms. The third kappa shape index (κ3) is 4.09. The normalized spacial score (nSPS) is 10.8. The zero-order valence-corrected chi connectivity index (χ0v) is 19.1. The van der Waals surface area contributed by atoms with Gasteiger partial charge in [0.05, 0.1) is 38.1 Å². The van der Waals surface area contributed by atoms with E-state index in [2.05, 4.69) is 4.98 Å². The van der Waals surface area contributed by atoms with Gasteiger partial charge >= 0.3 is 0 Å². The summed E-state index contributed by atoms with van der Waals surface area (Å²) >= 11 is 1.45. The van der Waals surface area contributed by atoms with E-state index in [1.165, 1.54) is 18.4 Å². The molecule has 4 aromatic rings. The lowest BCUT2D eigenvalue weighted by atomic mass is 10.1. The molecule has 0 N–H and O–H groups in total. The van der Waals surface area contributed by atoms with Gasteiger partial charge in [-0.05, 0) is 42.3 Å². The number of pyridine rings is 1. The van der Waals surface area contributed by atoms with Gasteiger partial charge in [-0.3, -0.25) is 14.7 Å². The van der Waals surface area contributed by atoms with Gasteiger partial charge in [0.15, 0.2) is 5.13 Å². The number of carbonyl (C=O) groups is 1. The summed E-state index contributed by atoms with van der Waals surface area (Å²) in [4.78, 5) is 24.4. The second-order valence-corrected chi connectivity index (χ2v) is 8.06. The van der Waals surface area contributed by atoms with Crippen LogP contribution < -0.4 is 19.1 Å². The molecule has 4 rings (SSSR count). The summed E-state index contributed by atoms with van der Waals surface area (Å²) in [5.41, 5.74) is 3.11. The van der Waals surface area contributed by atoms with Crippen LogP contribution in [0.4, 0.5) is 5.13 Å². The van der Waals surface area contributed by atoms with Crippen molar-refractivity contribution in [1.82, 2.24) is 9.97 Å². The third-order valence-electron chi connectivity index (χ3n) is 5.09. The van der Waals surface area contributed by atoms with Crippen LogP contribution in [0.1, 0.15) is 21.5 Å². The van der Waals surface area contributed by atoms with Crippen LogP contribution in [0, 0.1) is 6.92 Å². The number of nitrogens with zero attached hydrogens (tertiary/aromatic N) is 3. The second-order valence-electron chi connectivity index (χ2n) is 7.08. The number of fused-ring (bicyclic) bond motifs is 1. The lowest BCUT2D eigenvalue weighted by Crippen LogP contribution is -2.30. The molecule has 32 heavy (non-hydrogen) atoms. The van der Waals surface area contributed by atoms with Gasteiger partial charge < -0.3 is 14.2 Å². The Balaban J connectivity index is 1.84. The van der Waals surface area contributed by atoms with Crippen molar-refractivity contribution < 1.29 is 19.0 Å². The molecule has 2 heterocycles. The molecule has 0 atom stereocenters. The molecule has 0 aliphatic heterocycles. The lowest BCUT2D eigenvalue weighted by Gasteiger charge is -2.21. The van der Waals surface area contributed by atoms with E-state index in [1.807, 2.05) is 31.2 Å². The number of benzene rings is 2. The standard InChI is InChI=1S/C24H23N3O4S/c1-15-7-10-19(30-3)21-22(15)32-24(26-21)27(14-16-6-5-11-25-13-16)23(28)18-9-8-17(29-2)12-20(18)31-4/h5-13H,14H2,1-4H3. The SMILES string of the molecule is COc1ccc(C(=O)N(Cc2cccnc2)c2nc3c(OC)ccc(C)c3s2)c(OC)c1. The second kappa shape index (κ2) is 9.23. The number of thiazole rings is 1. The number of aryl methyl sites for hydroxylation is 1. The molecule has 0 saturated heterocycles. The summed E-state index contributed by atoms with van der Waals surface area (Å²) in [7, 11) is 4.72. The van der Waals surface area contributed by atoms with Gasteiger partial charge in [-0.25, -0.2) is 4.98 Å². The van der Waals surface area contributed by atoms with Crippen LogP contribution in [0.2, 0.25) is 0 Å². The predicted molar refractivity (Wildman–Crippen MR) is 125 cm³/mol. The van der Waals surface area contributed by atoms with Crippen LogP contribution in [0.25, 0.3) is 10.2 Å². The molecule has 0 aliphatic carbocycles. The average Bonchev–Trinajstić information content (AvgIpc) is 3.28. The van der Waals surface area contributed by atoms with Crippen LogP contribution in [-0.4, -0.2) is 37.2 Å². The summed E-state index contributed by atoms with van der Waals surface area (Å²) in [5.74, 6) is 1.48. The van der Waals surface area contributed by atoms with Crippen molar-refractivity contribution in [2.45, 2.75) is 13.5 Å². The van der Waals surface area contributed by atoms with E-state index in [-0.39, 0.29) is 5.91 Å². The first-order valence-electron chi connectivity index (χ1n) is 9.92. The minimum Gasteiger partial charge on any atom is -0.497 e. The highest BCUT2D eigenvalue weighted by molar-refractivity contribution is 7.22. The smallest absolute Gasteiger partial charge is 0.264 e. The molecule has 2 aromatic heterocycles. The molecule has 8 heteroatoms. The molecule has 2 aromatic carbocycles. The van der Waals surface area contributed by atoms with E-state index >= 15 is 0 Å². The summed E-state index contributed by atoms with van der Waals surface area (Å²) in [6.45, 7) is 2.33. The van der Waals surface area contributed by atoms with Crippen molar-refractivity contribution in [3.05, 3.63) is 71.5 Å². The van der Waals surface area contributed by atoms with E-state index < -0.39 is 0 Å². The monoisotopic (exact) mass is 449 g/mol. The first-order chi connectivity index (χ1) is 15.5. The maximum Gasteiger partial charge on any atom is 0.264 e. The molecule has 0 unspecified atom stereocenters. The molecular weight excluding hydrogens is 426 g/mol. The fourth-order valence-electron chi connectivity index (χ4n) is 3.40. The molecular formula is C24H23N3O4S. The summed E-state index contributed by atoms with van der Waals surface area (Å²) in [5, 5.41) is 0.569. The third-order valence-corrected chi connectivity index (χ3v) is 6.30. The van der Waals surface area contributed by atoms with Crippen LogP contribution in [0.5, 0.6) is 17.2 Å². The fourth-order valence-corrected chi connectivity index (χ4v) is 4.45.